The monoisotopic (exact) mass is 264 g/mol. The zero-order chi connectivity index (χ0) is 14.4. The molecule has 0 saturated heterocycles. The fraction of sp³-hybridized carbons (Fsp3) is 0.231. The quantitative estimate of drug-likeness (QED) is 0.813. The highest BCUT2D eigenvalue weighted by Crippen LogP contribution is 2.15. The van der Waals surface area contributed by atoms with E-state index in [1.807, 2.05) is 0 Å². The summed E-state index contributed by atoms with van der Waals surface area (Å²) in [6.07, 6.45) is 5.05. The highest BCUT2D eigenvalue weighted by atomic mass is 19.1. The van der Waals surface area contributed by atoms with E-state index in [0.717, 1.165) is 4.90 Å². The van der Waals surface area contributed by atoms with E-state index in [9.17, 15) is 14.0 Å². The number of nitrogens with one attached hydrogen (secondary N) is 1. The average Bonchev–Trinajstić information content (AvgIpc) is 2.31. The molecule has 0 radical (unpaired) electrons. The van der Waals surface area contributed by atoms with Gasteiger partial charge in [-0.1, -0.05) is 12.0 Å². The van der Waals surface area contributed by atoms with Crippen LogP contribution in [-0.2, 0) is 4.79 Å². The number of aliphatic carboxylic acids is 1. The number of terminal acetylenes is 1. The Balaban J connectivity index is 2.81. The lowest BCUT2D eigenvalue weighted by atomic mass is 10.2. The highest BCUT2D eigenvalue weighted by Gasteiger charge is 2.17. The van der Waals surface area contributed by atoms with Crippen molar-refractivity contribution in [1.82, 2.24) is 4.90 Å². The van der Waals surface area contributed by atoms with Gasteiger partial charge in [0.2, 0.25) is 0 Å². The van der Waals surface area contributed by atoms with Gasteiger partial charge < -0.3 is 15.3 Å². The number of nitrogens with zero attached hydrogens (tertiary/aromatic N) is 1. The minimum absolute atomic E-state index is 0.0250. The van der Waals surface area contributed by atoms with Gasteiger partial charge in [-0.15, -0.1) is 6.42 Å². The van der Waals surface area contributed by atoms with Gasteiger partial charge in [0.05, 0.1) is 12.2 Å². The molecule has 0 heterocycles. The van der Waals surface area contributed by atoms with Crippen LogP contribution in [0.2, 0.25) is 0 Å². The number of hydrogen-bond acceptors (Lipinski definition) is 2. The zero-order valence-corrected chi connectivity index (χ0v) is 10.3. The summed E-state index contributed by atoms with van der Waals surface area (Å²) in [5.41, 5.74) is 0.685. The number of anilines is 1. The fourth-order valence-corrected chi connectivity index (χ4v) is 1.39. The van der Waals surface area contributed by atoms with Gasteiger partial charge >= 0.3 is 12.0 Å². The Morgan fingerprint density at radius 2 is 2.21 bits per heavy atom. The molecule has 0 aliphatic carbocycles. The van der Waals surface area contributed by atoms with Crippen LogP contribution in [0, 0.1) is 25.1 Å². The van der Waals surface area contributed by atoms with E-state index < -0.39 is 24.4 Å². The third-order valence-corrected chi connectivity index (χ3v) is 2.26. The maximum atomic E-state index is 13.5. The molecule has 100 valence electrons. The van der Waals surface area contributed by atoms with E-state index in [1.54, 1.807) is 13.0 Å². The lowest BCUT2D eigenvalue weighted by Gasteiger charge is -2.18. The van der Waals surface area contributed by atoms with Crippen LogP contribution < -0.4 is 5.32 Å². The number of carbonyl (C=O) groups excluding carboxylic acids is 1. The molecule has 0 bridgehead atoms. The van der Waals surface area contributed by atoms with Crippen LogP contribution in [0.1, 0.15) is 5.56 Å². The van der Waals surface area contributed by atoms with Crippen LogP contribution in [0.25, 0.3) is 0 Å². The van der Waals surface area contributed by atoms with Gasteiger partial charge in [0.25, 0.3) is 0 Å². The molecule has 6 heteroatoms. The van der Waals surface area contributed by atoms with Crippen LogP contribution in [0.15, 0.2) is 18.2 Å². The second kappa shape index (κ2) is 6.40. The first kappa shape index (κ1) is 14.5. The van der Waals surface area contributed by atoms with E-state index in [0.29, 0.717) is 5.56 Å². The number of rotatable bonds is 4. The summed E-state index contributed by atoms with van der Waals surface area (Å²) in [5.74, 6) is 0.379. The normalized spacial score (nSPS) is 9.53. The zero-order valence-electron chi connectivity index (χ0n) is 10.3. The molecule has 0 unspecified atom stereocenters. The number of carboxylic acids is 1. The first-order valence-electron chi connectivity index (χ1n) is 5.41. The minimum Gasteiger partial charge on any atom is -0.480 e. The third-order valence-electron chi connectivity index (χ3n) is 2.26. The van der Waals surface area contributed by atoms with Gasteiger partial charge in [-0.25, -0.2) is 9.18 Å². The summed E-state index contributed by atoms with van der Waals surface area (Å²) in [6.45, 7) is 0.985. The van der Waals surface area contributed by atoms with E-state index in [4.69, 9.17) is 11.5 Å². The Bertz CT molecular complexity index is 537. The third kappa shape index (κ3) is 4.32. The number of halogens is 1. The Morgan fingerprint density at radius 1 is 1.53 bits per heavy atom. The van der Waals surface area contributed by atoms with Crippen LogP contribution in [0.4, 0.5) is 14.9 Å². The van der Waals surface area contributed by atoms with Crippen molar-refractivity contribution < 1.29 is 19.1 Å². The van der Waals surface area contributed by atoms with E-state index >= 15 is 0 Å². The van der Waals surface area contributed by atoms with Gasteiger partial charge in [-0.05, 0) is 24.6 Å². The number of benzene rings is 1. The van der Waals surface area contributed by atoms with Crippen LogP contribution in [-0.4, -0.2) is 35.1 Å². The summed E-state index contributed by atoms with van der Waals surface area (Å²) in [6, 6.07) is 3.53. The number of carbonyl (C=O) groups is 2. The molecule has 2 N–H and O–H groups in total. The number of urea groups is 1. The molecule has 2 amide bonds. The molecule has 1 aromatic carbocycles. The lowest BCUT2D eigenvalue weighted by molar-refractivity contribution is -0.137. The lowest BCUT2D eigenvalue weighted by Crippen LogP contribution is -2.39. The number of aryl methyl sites for hydroxylation is 1. The van der Waals surface area contributed by atoms with Crippen molar-refractivity contribution in [2.24, 2.45) is 0 Å². The first-order valence-corrected chi connectivity index (χ1v) is 5.41. The number of amides is 2. The molecular weight excluding hydrogens is 251 g/mol. The molecule has 5 nitrogen and oxygen atoms in total. The summed E-state index contributed by atoms with van der Waals surface area (Å²) >= 11 is 0. The molecular formula is C13H13FN2O3. The van der Waals surface area contributed by atoms with Crippen molar-refractivity contribution in [3.05, 3.63) is 29.6 Å². The van der Waals surface area contributed by atoms with Gasteiger partial charge in [-0.2, -0.15) is 0 Å². The number of hydrogen-bond donors (Lipinski definition) is 2. The van der Waals surface area contributed by atoms with Crippen molar-refractivity contribution >= 4 is 17.7 Å². The molecule has 0 fully saturated rings. The molecule has 0 spiro atoms. The Kier molecular flexibility index (Phi) is 4.89. The predicted octanol–water partition coefficient (Wildman–Crippen LogP) is 1.69. The topological polar surface area (TPSA) is 69.6 Å². The van der Waals surface area contributed by atoms with Gasteiger partial charge in [0.15, 0.2) is 0 Å². The molecule has 19 heavy (non-hydrogen) atoms. The molecule has 0 aromatic heterocycles. The molecule has 0 atom stereocenters. The summed E-state index contributed by atoms with van der Waals surface area (Å²) in [5, 5.41) is 10.9. The fourth-order valence-electron chi connectivity index (χ4n) is 1.39. The predicted molar refractivity (Wildman–Crippen MR) is 68.2 cm³/mol. The summed E-state index contributed by atoms with van der Waals surface area (Å²) < 4.78 is 13.5. The van der Waals surface area contributed by atoms with Crippen molar-refractivity contribution in [1.29, 1.82) is 0 Å². The van der Waals surface area contributed by atoms with Crippen LogP contribution >= 0.6 is 0 Å². The largest absolute Gasteiger partial charge is 0.480 e. The Morgan fingerprint density at radius 3 is 2.74 bits per heavy atom. The molecule has 0 aliphatic rings. The maximum absolute atomic E-state index is 13.5. The van der Waals surface area contributed by atoms with Crippen LogP contribution in [0.5, 0.6) is 0 Å². The van der Waals surface area contributed by atoms with E-state index in [1.165, 1.54) is 12.1 Å². The SMILES string of the molecule is C#CCN(CC(=O)O)C(=O)Nc1ccc(C)cc1F. The molecule has 0 saturated carbocycles. The van der Waals surface area contributed by atoms with E-state index in [-0.39, 0.29) is 12.2 Å². The second-order valence-electron chi connectivity index (χ2n) is 3.87. The van der Waals surface area contributed by atoms with Crippen LogP contribution in [0.3, 0.4) is 0 Å². The molecule has 1 aromatic rings. The maximum Gasteiger partial charge on any atom is 0.323 e. The van der Waals surface area contributed by atoms with Crippen molar-refractivity contribution in [2.75, 3.05) is 18.4 Å². The highest BCUT2D eigenvalue weighted by molar-refractivity contribution is 5.91. The van der Waals surface area contributed by atoms with Gasteiger partial charge in [0, 0.05) is 0 Å². The van der Waals surface area contributed by atoms with Crippen molar-refractivity contribution in [3.63, 3.8) is 0 Å². The number of carboxylic acid groups (broad SMARTS) is 1. The van der Waals surface area contributed by atoms with Crippen molar-refractivity contribution in [2.45, 2.75) is 6.92 Å². The Labute approximate surface area is 110 Å². The molecule has 0 aliphatic heterocycles. The Hall–Kier alpha value is -2.55. The van der Waals surface area contributed by atoms with Gasteiger partial charge in [-0.3, -0.25) is 4.79 Å². The average molecular weight is 264 g/mol. The summed E-state index contributed by atoms with van der Waals surface area (Å²) in [4.78, 5) is 23.2. The smallest absolute Gasteiger partial charge is 0.323 e. The van der Waals surface area contributed by atoms with E-state index in [2.05, 4.69) is 11.2 Å². The standard InChI is InChI=1S/C13H13FN2O3/c1-3-6-16(8-12(17)18)13(19)15-11-5-4-9(2)7-10(11)14/h1,4-5,7H,6,8H2,2H3,(H,15,19)(H,17,18). The summed E-state index contributed by atoms with van der Waals surface area (Å²) in [7, 11) is 0. The molecule has 1 rings (SSSR count). The van der Waals surface area contributed by atoms with Gasteiger partial charge in [0.1, 0.15) is 12.4 Å². The second-order valence-corrected chi connectivity index (χ2v) is 3.87. The first-order chi connectivity index (χ1) is 8.93. The minimum atomic E-state index is -1.20. The van der Waals surface area contributed by atoms with Crippen molar-refractivity contribution in [3.8, 4) is 12.3 Å².